The summed E-state index contributed by atoms with van der Waals surface area (Å²) < 4.78 is 24.9. The number of alkyl halides is 2. The quantitative estimate of drug-likeness (QED) is 0.808. The number of rotatable bonds is 4. The highest BCUT2D eigenvalue weighted by Gasteiger charge is 2.19. The highest BCUT2D eigenvalue weighted by atomic mass is 19.3. The number of aryl methyl sites for hydroxylation is 1. The van der Waals surface area contributed by atoms with Gasteiger partial charge in [-0.3, -0.25) is 0 Å². The number of hydrogen-bond acceptors (Lipinski definition) is 2. The second kappa shape index (κ2) is 4.35. The van der Waals surface area contributed by atoms with E-state index in [0.717, 1.165) is 12.5 Å². The maximum absolute atomic E-state index is 12.4. The van der Waals surface area contributed by atoms with Crippen LogP contribution in [-0.2, 0) is 0 Å². The van der Waals surface area contributed by atoms with Crippen molar-refractivity contribution in [3.8, 4) is 0 Å². The Morgan fingerprint density at radius 3 is 2.79 bits per heavy atom. The van der Waals surface area contributed by atoms with Crippen molar-refractivity contribution < 1.29 is 8.78 Å². The van der Waals surface area contributed by atoms with Gasteiger partial charge < -0.3 is 5.32 Å². The summed E-state index contributed by atoms with van der Waals surface area (Å²) in [5.74, 6) is -1.97. The highest BCUT2D eigenvalue weighted by Crippen LogP contribution is 2.16. The Bertz CT molecular complexity index is 294. The predicted octanol–water partition coefficient (Wildman–Crippen LogP) is 2.85. The second-order valence-corrected chi connectivity index (χ2v) is 3.47. The minimum Gasteiger partial charge on any atom is -0.370 e. The number of anilines is 1. The Balaban J connectivity index is 2.39. The highest BCUT2D eigenvalue weighted by molar-refractivity contribution is 5.36. The van der Waals surface area contributed by atoms with Crippen LogP contribution in [0.4, 0.5) is 14.6 Å². The van der Waals surface area contributed by atoms with E-state index in [9.17, 15) is 8.78 Å². The van der Waals surface area contributed by atoms with Crippen LogP contribution in [0.5, 0.6) is 0 Å². The van der Waals surface area contributed by atoms with E-state index in [1.807, 2.05) is 19.1 Å². The largest absolute Gasteiger partial charge is 0.370 e. The fourth-order valence-corrected chi connectivity index (χ4v) is 1.04. The molecule has 1 rings (SSSR count). The van der Waals surface area contributed by atoms with Crippen molar-refractivity contribution in [2.24, 2.45) is 0 Å². The normalized spacial score (nSPS) is 11.4. The molecule has 0 spiro atoms. The molecule has 0 radical (unpaired) electrons. The molecule has 0 bridgehead atoms. The zero-order valence-electron chi connectivity index (χ0n) is 8.35. The van der Waals surface area contributed by atoms with Crippen LogP contribution < -0.4 is 5.32 Å². The number of aromatic nitrogens is 1. The number of halogens is 2. The number of hydrogen-bond donors (Lipinski definition) is 1. The average Bonchev–Trinajstić information content (AvgIpc) is 2.01. The molecule has 0 aromatic carbocycles. The summed E-state index contributed by atoms with van der Waals surface area (Å²) in [6, 6.07) is 3.69. The first-order valence-corrected chi connectivity index (χ1v) is 4.52. The van der Waals surface area contributed by atoms with Crippen LogP contribution in [0.1, 0.15) is 18.9 Å². The lowest BCUT2D eigenvalue weighted by Crippen LogP contribution is -2.16. The van der Waals surface area contributed by atoms with Crippen LogP contribution in [0.15, 0.2) is 18.3 Å². The Morgan fingerprint density at radius 2 is 2.21 bits per heavy atom. The van der Waals surface area contributed by atoms with Gasteiger partial charge in [0.25, 0.3) is 0 Å². The van der Waals surface area contributed by atoms with E-state index >= 15 is 0 Å². The van der Waals surface area contributed by atoms with E-state index in [4.69, 9.17) is 0 Å². The Morgan fingerprint density at radius 1 is 1.50 bits per heavy atom. The fourth-order valence-electron chi connectivity index (χ4n) is 1.04. The smallest absolute Gasteiger partial charge is 0.247 e. The Hall–Kier alpha value is -1.19. The molecule has 0 saturated carbocycles. The van der Waals surface area contributed by atoms with E-state index in [1.165, 1.54) is 0 Å². The van der Waals surface area contributed by atoms with Crippen molar-refractivity contribution in [3.63, 3.8) is 0 Å². The van der Waals surface area contributed by atoms with Gasteiger partial charge in [-0.05, 0) is 31.5 Å². The molecule has 0 saturated heterocycles. The summed E-state index contributed by atoms with van der Waals surface area (Å²) >= 11 is 0. The van der Waals surface area contributed by atoms with Crippen LogP contribution in [0.25, 0.3) is 0 Å². The van der Waals surface area contributed by atoms with Crippen molar-refractivity contribution in [2.75, 3.05) is 11.9 Å². The topological polar surface area (TPSA) is 24.9 Å². The molecule has 0 aliphatic rings. The Labute approximate surface area is 82.4 Å². The van der Waals surface area contributed by atoms with Gasteiger partial charge in [-0.1, -0.05) is 0 Å². The lowest BCUT2D eigenvalue weighted by atomic mass is 10.2. The molecule has 0 unspecified atom stereocenters. The summed E-state index contributed by atoms with van der Waals surface area (Å²) in [4.78, 5) is 4.00. The standard InChI is InChI=1S/C10H14F2N2/c1-8-3-5-13-9(7-8)14-6-4-10(2,11)12/h3,5,7H,4,6H2,1-2H3,(H,13,14). The van der Waals surface area contributed by atoms with Crippen molar-refractivity contribution in [1.29, 1.82) is 0 Å². The van der Waals surface area contributed by atoms with Gasteiger partial charge in [0.05, 0.1) is 0 Å². The van der Waals surface area contributed by atoms with E-state index in [1.54, 1.807) is 6.20 Å². The van der Waals surface area contributed by atoms with Gasteiger partial charge in [0.2, 0.25) is 5.92 Å². The van der Waals surface area contributed by atoms with Crippen LogP contribution in [0.2, 0.25) is 0 Å². The van der Waals surface area contributed by atoms with Crippen molar-refractivity contribution in [3.05, 3.63) is 23.9 Å². The minimum absolute atomic E-state index is 0.178. The van der Waals surface area contributed by atoms with Gasteiger partial charge in [-0.25, -0.2) is 13.8 Å². The van der Waals surface area contributed by atoms with Crippen molar-refractivity contribution in [2.45, 2.75) is 26.2 Å². The summed E-state index contributed by atoms with van der Waals surface area (Å²) in [5.41, 5.74) is 1.06. The summed E-state index contributed by atoms with van der Waals surface area (Å²) in [6.07, 6.45) is 1.48. The first-order valence-electron chi connectivity index (χ1n) is 4.52. The molecule has 0 amide bonds. The van der Waals surface area contributed by atoms with Gasteiger partial charge in [0.1, 0.15) is 5.82 Å². The number of nitrogens with zero attached hydrogens (tertiary/aromatic N) is 1. The Kier molecular flexibility index (Phi) is 3.38. The molecule has 0 fully saturated rings. The van der Waals surface area contributed by atoms with Crippen molar-refractivity contribution >= 4 is 5.82 Å². The third-order valence-electron chi connectivity index (χ3n) is 1.79. The van der Waals surface area contributed by atoms with E-state index < -0.39 is 5.92 Å². The predicted molar refractivity (Wildman–Crippen MR) is 52.7 cm³/mol. The summed E-state index contributed by atoms with van der Waals surface area (Å²) in [7, 11) is 0. The first kappa shape index (κ1) is 10.9. The van der Waals surface area contributed by atoms with Gasteiger partial charge in [-0.2, -0.15) is 0 Å². The molecule has 0 aliphatic carbocycles. The summed E-state index contributed by atoms with van der Waals surface area (Å²) in [6.45, 7) is 3.08. The molecule has 1 N–H and O–H groups in total. The third-order valence-corrected chi connectivity index (χ3v) is 1.79. The van der Waals surface area contributed by atoms with Crippen molar-refractivity contribution in [1.82, 2.24) is 4.98 Å². The molecular formula is C10H14F2N2. The van der Waals surface area contributed by atoms with Crippen LogP contribution in [0.3, 0.4) is 0 Å². The third kappa shape index (κ3) is 4.16. The van der Waals surface area contributed by atoms with E-state index in [0.29, 0.717) is 5.82 Å². The van der Waals surface area contributed by atoms with E-state index in [2.05, 4.69) is 10.3 Å². The fraction of sp³-hybridized carbons (Fsp3) is 0.500. The first-order chi connectivity index (χ1) is 6.47. The zero-order valence-corrected chi connectivity index (χ0v) is 8.35. The molecule has 0 atom stereocenters. The molecule has 1 heterocycles. The average molecular weight is 200 g/mol. The van der Waals surface area contributed by atoms with Gasteiger partial charge in [0, 0.05) is 19.2 Å². The maximum atomic E-state index is 12.4. The molecule has 78 valence electrons. The minimum atomic E-state index is -2.61. The molecule has 1 aromatic heterocycles. The van der Waals surface area contributed by atoms with Gasteiger partial charge in [-0.15, -0.1) is 0 Å². The number of pyridine rings is 1. The van der Waals surface area contributed by atoms with Crippen LogP contribution in [-0.4, -0.2) is 17.5 Å². The maximum Gasteiger partial charge on any atom is 0.247 e. The molecule has 0 aliphatic heterocycles. The SMILES string of the molecule is Cc1ccnc(NCCC(C)(F)F)c1. The van der Waals surface area contributed by atoms with E-state index in [-0.39, 0.29) is 13.0 Å². The summed E-state index contributed by atoms with van der Waals surface area (Å²) in [5, 5.41) is 2.85. The molecule has 2 nitrogen and oxygen atoms in total. The second-order valence-electron chi connectivity index (χ2n) is 3.47. The molecular weight excluding hydrogens is 186 g/mol. The number of nitrogens with one attached hydrogen (secondary N) is 1. The molecule has 14 heavy (non-hydrogen) atoms. The van der Waals surface area contributed by atoms with Crippen LogP contribution >= 0.6 is 0 Å². The lowest BCUT2D eigenvalue weighted by molar-refractivity contribution is 0.0167. The zero-order chi connectivity index (χ0) is 10.6. The monoisotopic (exact) mass is 200 g/mol. The van der Waals surface area contributed by atoms with Gasteiger partial charge in [0.15, 0.2) is 0 Å². The molecule has 4 heteroatoms. The lowest BCUT2D eigenvalue weighted by Gasteiger charge is -2.10. The van der Waals surface area contributed by atoms with Crippen LogP contribution in [0, 0.1) is 6.92 Å². The van der Waals surface area contributed by atoms with Gasteiger partial charge >= 0.3 is 0 Å². The molecule has 1 aromatic rings.